The molecule has 1 aliphatic rings. The predicted molar refractivity (Wildman–Crippen MR) is 97.6 cm³/mol. The lowest BCUT2D eigenvalue weighted by molar-refractivity contribution is -0.0584. The molecule has 3 aromatic rings. The summed E-state index contributed by atoms with van der Waals surface area (Å²) in [5, 5.41) is 4.79. The zero-order chi connectivity index (χ0) is 19.8. The molecule has 8 heteroatoms. The first kappa shape index (κ1) is 17.5. The number of carbonyl (C=O) groups excluding carboxylic acids is 3. The van der Waals surface area contributed by atoms with Gasteiger partial charge in [0.2, 0.25) is 0 Å². The maximum atomic E-state index is 12.8. The Labute approximate surface area is 159 Å². The molecule has 0 saturated carbocycles. The van der Waals surface area contributed by atoms with Crippen LogP contribution >= 0.6 is 0 Å². The Morgan fingerprint density at radius 2 is 1.50 bits per heavy atom. The number of aryl methyl sites for hydroxylation is 1. The van der Waals surface area contributed by atoms with Gasteiger partial charge in [0.05, 0.1) is 18.2 Å². The minimum atomic E-state index is -0.872. The van der Waals surface area contributed by atoms with E-state index in [9.17, 15) is 14.4 Å². The van der Waals surface area contributed by atoms with Crippen LogP contribution in [-0.2, 0) is 11.9 Å². The molecule has 2 amide bonds. The Kier molecular flexibility index (Phi) is 4.15. The number of benzene rings is 2. The molecule has 0 bridgehead atoms. The molecule has 1 aliphatic heterocycles. The Bertz CT molecular complexity index is 1080. The van der Waals surface area contributed by atoms with Crippen molar-refractivity contribution in [3.63, 3.8) is 0 Å². The Morgan fingerprint density at radius 3 is 2.11 bits per heavy atom. The van der Waals surface area contributed by atoms with Crippen molar-refractivity contribution in [2.45, 2.75) is 0 Å². The highest BCUT2D eigenvalue weighted by atomic mass is 16.7. The second-order valence-corrected chi connectivity index (χ2v) is 6.09. The molecule has 0 spiro atoms. The van der Waals surface area contributed by atoms with Crippen LogP contribution in [0.2, 0.25) is 0 Å². The van der Waals surface area contributed by atoms with E-state index in [4.69, 9.17) is 9.57 Å². The molecular weight excluding hydrogens is 362 g/mol. The summed E-state index contributed by atoms with van der Waals surface area (Å²) in [6.07, 6.45) is 1.46. The number of carbonyl (C=O) groups is 3. The highest BCUT2D eigenvalue weighted by Gasteiger charge is 2.39. The lowest BCUT2D eigenvalue weighted by atomic mass is 10.1. The highest BCUT2D eigenvalue weighted by molar-refractivity contribution is 6.21. The zero-order valence-corrected chi connectivity index (χ0v) is 15.1. The number of imide groups is 1. The summed E-state index contributed by atoms with van der Waals surface area (Å²) in [6, 6.07) is 13.4. The van der Waals surface area contributed by atoms with Crippen LogP contribution in [0.15, 0.2) is 54.7 Å². The minimum absolute atomic E-state index is 0.101. The standard InChI is InChI=1S/C20H15N3O5/c1-22-11-15(17(21-22)14-9-5-6-10-16(14)27-2)20(26)28-23-18(24)12-7-3-4-8-13(12)19(23)25/h3-11H,1-2H3. The smallest absolute Gasteiger partial charge is 0.367 e. The van der Waals surface area contributed by atoms with Crippen LogP contribution in [-0.4, -0.2) is 39.7 Å². The first-order chi connectivity index (χ1) is 13.5. The van der Waals surface area contributed by atoms with Crippen LogP contribution in [0.3, 0.4) is 0 Å². The average Bonchev–Trinajstić information content (AvgIpc) is 3.22. The van der Waals surface area contributed by atoms with Gasteiger partial charge in [0, 0.05) is 18.8 Å². The fourth-order valence-corrected chi connectivity index (χ4v) is 3.06. The number of nitrogens with zero attached hydrogens (tertiary/aromatic N) is 3. The third-order valence-electron chi connectivity index (χ3n) is 4.34. The van der Waals surface area contributed by atoms with Crippen LogP contribution < -0.4 is 4.74 Å². The third kappa shape index (κ3) is 2.71. The van der Waals surface area contributed by atoms with Gasteiger partial charge in [-0.25, -0.2) is 4.79 Å². The molecule has 140 valence electrons. The Hall–Kier alpha value is -3.94. The average molecular weight is 377 g/mol. The number of hydrogen-bond donors (Lipinski definition) is 0. The van der Waals surface area contributed by atoms with Crippen molar-refractivity contribution in [3.8, 4) is 17.0 Å². The van der Waals surface area contributed by atoms with Crippen LogP contribution in [0.4, 0.5) is 0 Å². The molecule has 0 radical (unpaired) electrons. The summed E-state index contributed by atoms with van der Waals surface area (Å²) in [7, 11) is 3.16. The van der Waals surface area contributed by atoms with Gasteiger partial charge in [-0.15, -0.1) is 0 Å². The van der Waals surface area contributed by atoms with Crippen molar-refractivity contribution < 1.29 is 24.0 Å². The van der Waals surface area contributed by atoms with E-state index in [1.54, 1.807) is 43.4 Å². The number of amides is 2. The SMILES string of the molecule is COc1ccccc1-c1nn(C)cc1C(=O)ON1C(=O)c2ccccc2C1=O. The fourth-order valence-electron chi connectivity index (χ4n) is 3.06. The molecule has 0 saturated heterocycles. The van der Waals surface area contributed by atoms with Crippen LogP contribution in [0.1, 0.15) is 31.1 Å². The van der Waals surface area contributed by atoms with Crippen molar-refractivity contribution in [3.05, 3.63) is 71.4 Å². The van der Waals surface area contributed by atoms with Gasteiger partial charge in [-0.05, 0) is 24.3 Å². The fraction of sp³-hybridized carbons (Fsp3) is 0.100. The lowest BCUT2D eigenvalue weighted by Gasteiger charge is -2.13. The molecule has 2 aromatic carbocycles. The number of para-hydroxylation sites is 1. The zero-order valence-electron chi connectivity index (χ0n) is 15.1. The van der Waals surface area contributed by atoms with E-state index in [0.717, 1.165) is 0 Å². The van der Waals surface area contributed by atoms with Gasteiger partial charge in [-0.2, -0.15) is 5.10 Å². The van der Waals surface area contributed by atoms with Gasteiger partial charge in [0.15, 0.2) is 0 Å². The minimum Gasteiger partial charge on any atom is -0.496 e. The van der Waals surface area contributed by atoms with Gasteiger partial charge in [0.1, 0.15) is 17.0 Å². The molecule has 0 N–H and O–H groups in total. The summed E-state index contributed by atoms with van der Waals surface area (Å²) >= 11 is 0. The van der Waals surface area contributed by atoms with E-state index in [-0.39, 0.29) is 16.7 Å². The monoisotopic (exact) mass is 377 g/mol. The van der Waals surface area contributed by atoms with E-state index in [0.29, 0.717) is 22.1 Å². The van der Waals surface area contributed by atoms with Gasteiger partial charge < -0.3 is 9.57 Å². The summed E-state index contributed by atoms with van der Waals surface area (Å²) in [5.41, 5.74) is 1.39. The normalized spacial score (nSPS) is 12.9. The van der Waals surface area contributed by atoms with Crippen LogP contribution in [0.5, 0.6) is 5.75 Å². The molecule has 0 fully saturated rings. The molecule has 8 nitrogen and oxygen atoms in total. The number of aromatic nitrogens is 2. The van der Waals surface area contributed by atoms with Gasteiger partial charge in [-0.1, -0.05) is 29.3 Å². The number of methoxy groups -OCH3 is 1. The predicted octanol–water partition coefficient (Wildman–Crippen LogP) is 2.46. The van der Waals surface area contributed by atoms with E-state index in [1.165, 1.54) is 30.1 Å². The first-order valence-corrected chi connectivity index (χ1v) is 8.38. The van der Waals surface area contributed by atoms with E-state index < -0.39 is 17.8 Å². The number of rotatable bonds is 4. The third-order valence-corrected chi connectivity index (χ3v) is 4.34. The quantitative estimate of drug-likeness (QED) is 0.649. The van der Waals surface area contributed by atoms with Crippen molar-refractivity contribution in [2.75, 3.05) is 7.11 Å². The van der Waals surface area contributed by atoms with Gasteiger partial charge in [-0.3, -0.25) is 14.3 Å². The summed E-state index contributed by atoms with van der Waals surface area (Å²) < 4.78 is 6.78. The van der Waals surface area contributed by atoms with E-state index in [1.807, 2.05) is 0 Å². The number of hydroxylamine groups is 2. The topological polar surface area (TPSA) is 90.7 Å². The molecule has 4 rings (SSSR count). The van der Waals surface area contributed by atoms with Gasteiger partial charge >= 0.3 is 5.97 Å². The van der Waals surface area contributed by atoms with E-state index >= 15 is 0 Å². The van der Waals surface area contributed by atoms with Crippen LogP contribution in [0.25, 0.3) is 11.3 Å². The Morgan fingerprint density at radius 1 is 0.929 bits per heavy atom. The second kappa shape index (κ2) is 6.66. The van der Waals surface area contributed by atoms with E-state index in [2.05, 4.69) is 5.10 Å². The highest BCUT2D eigenvalue weighted by Crippen LogP contribution is 2.32. The summed E-state index contributed by atoms with van der Waals surface area (Å²) in [5.74, 6) is -1.71. The van der Waals surface area contributed by atoms with Crippen molar-refractivity contribution >= 4 is 17.8 Å². The van der Waals surface area contributed by atoms with Crippen molar-refractivity contribution in [1.82, 2.24) is 14.8 Å². The van der Waals surface area contributed by atoms with Crippen molar-refractivity contribution in [1.29, 1.82) is 0 Å². The molecule has 1 aromatic heterocycles. The summed E-state index contributed by atoms with van der Waals surface area (Å²) in [6.45, 7) is 0. The second-order valence-electron chi connectivity index (χ2n) is 6.09. The maximum Gasteiger partial charge on any atom is 0.367 e. The maximum absolute atomic E-state index is 12.8. The molecule has 2 heterocycles. The lowest BCUT2D eigenvalue weighted by Crippen LogP contribution is -2.32. The molecule has 0 atom stereocenters. The molecule has 28 heavy (non-hydrogen) atoms. The number of hydrogen-bond acceptors (Lipinski definition) is 6. The molecule has 0 aliphatic carbocycles. The number of ether oxygens (including phenoxy) is 1. The largest absolute Gasteiger partial charge is 0.496 e. The van der Waals surface area contributed by atoms with Gasteiger partial charge in [0.25, 0.3) is 11.8 Å². The van der Waals surface area contributed by atoms with Crippen molar-refractivity contribution in [2.24, 2.45) is 7.05 Å². The Balaban J connectivity index is 1.68. The molecular formula is C20H15N3O5. The van der Waals surface area contributed by atoms with Crippen LogP contribution in [0, 0.1) is 0 Å². The number of fused-ring (bicyclic) bond motifs is 1. The molecule has 0 unspecified atom stereocenters. The summed E-state index contributed by atoms with van der Waals surface area (Å²) in [4.78, 5) is 42.8. The first-order valence-electron chi connectivity index (χ1n) is 8.38.